The van der Waals surface area contributed by atoms with E-state index in [1.54, 1.807) is 0 Å². The number of ether oxygens (including phenoxy) is 2. The van der Waals surface area contributed by atoms with E-state index in [1.807, 2.05) is 43.3 Å². The Bertz CT molecular complexity index is 770. The quantitative estimate of drug-likeness (QED) is 0.471. The van der Waals surface area contributed by atoms with Crippen molar-refractivity contribution in [3.8, 4) is 11.5 Å². The maximum atomic E-state index is 9.57. The van der Waals surface area contributed by atoms with Crippen LogP contribution in [0.25, 0.3) is 0 Å². The summed E-state index contributed by atoms with van der Waals surface area (Å²) in [5.74, 6) is 1.24. The zero-order valence-electron chi connectivity index (χ0n) is 16.8. The molecule has 0 aliphatic carbocycles. The van der Waals surface area contributed by atoms with Crippen molar-refractivity contribution < 1.29 is 19.7 Å². The minimum atomic E-state index is -0.791. The van der Waals surface area contributed by atoms with E-state index < -0.39 is 6.10 Å². The average Bonchev–Trinajstić information content (AvgIpc) is 2.71. The third-order valence-corrected chi connectivity index (χ3v) is 5.66. The lowest BCUT2D eigenvalue weighted by Crippen LogP contribution is -2.20. The van der Waals surface area contributed by atoms with Gasteiger partial charge in [0.1, 0.15) is 18.5 Å². The number of aliphatic hydroxyl groups is 2. The van der Waals surface area contributed by atoms with Crippen LogP contribution in [0.3, 0.4) is 0 Å². The summed E-state index contributed by atoms with van der Waals surface area (Å²) >= 11 is 18.4. The van der Waals surface area contributed by atoms with E-state index in [0.717, 1.165) is 16.9 Å². The van der Waals surface area contributed by atoms with Crippen LogP contribution >= 0.6 is 34.8 Å². The average molecular weight is 462 g/mol. The minimum Gasteiger partial charge on any atom is -0.493 e. The van der Waals surface area contributed by atoms with Crippen molar-refractivity contribution in [1.82, 2.24) is 0 Å². The maximum absolute atomic E-state index is 9.57. The second-order valence-electron chi connectivity index (χ2n) is 7.64. The summed E-state index contributed by atoms with van der Waals surface area (Å²) < 4.78 is 11.2. The Hall–Kier alpha value is -1.17. The molecule has 0 bridgehead atoms. The van der Waals surface area contributed by atoms with Gasteiger partial charge in [0.2, 0.25) is 0 Å². The highest BCUT2D eigenvalue weighted by atomic mass is 35.5. The number of rotatable bonds is 10. The van der Waals surface area contributed by atoms with Gasteiger partial charge >= 0.3 is 0 Å². The zero-order chi connectivity index (χ0) is 21.6. The molecule has 4 nitrogen and oxygen atoms in total. The van der Waals surface area contributed by atoms with Gasteiger partial charge in [0.05, 0.1) is 22.5 Å². The van der Waals surface area contributed by atoms with Gasteiger partial charge in [0.25, 0.3) is 0 Å². The first-order valence-corrected chi connectivity index (χ1v) is 10.7. The van der Waals surface area contributed by atoms with Crippen LogP contribution in [-0.2, 0) is 5.41 Å². The molecule has 7 heteroatoms. The lowest BCUT2D eigenvalue weighted by molar-refractivity contribution is 0.125. The predicted octanol–water partition coefficient (Wildman–Crippen LogP) is 5.31. The molecular weight excluding hydrogens is 435 g/mol. The molecule has 0 saturated heterocycles. The molecule has 0 saturated carbocycles. The number of halogens is 3. The number of hydrogen-bond donors (Lipinski definition) is 2. The Morgan fingerprint density at radius 3 is 2.07 bits per heavy atom. The number of aliphatic hydroxyl groups excluding tert-OH is 2. The van der Waals surface area contributed by atoms with Crippen LogP contribution in [0.15, 0.2) is 36.4 Å². The van der Waals surface area contributed by atoms with E-state index >= 15 is 0 Å². The lowest BCUT2D eigenvalue weighted by Gasteiger charge is -2.27. The van der Waals surface area contributed by atoms with Gasteiger partial charge in [-0.25, -0.2) is 0 Å². The Labute approximate surface area is 187 Å². The van der Waals surface area contributed by atoms with Gasteiger partial charge in [-0.3, -0.25) is 0 Å². The van der Waals surface area contributed by atoms with Crippen LogP contribution in [-0.4, -0.2) is 42.0 Å². The molecule has 2 aromatic rings. The molecule has 160 valence electrons. The van der Waals surface area contributed by atoms with Crippen molar-refractivity contribution in [2.45, 2.75) is 32.3 Å². The van der Waals surface area contributed by atoms with E-state index in [4.69, 9.17) is 49.4 Å². The Morgan fingerprint density at radius 2 is 1.55 bits per heavy atom. The van der Waals surface area contributed by atoms with Crippen LogP contribution < -0.4 is 9.47 Å². The van der Waals surface area contributed by atoms with Crippen molar-refractivity contribution in [2.24, 2.45) is 5.92 Å². The fourth-order valence-electron chi connectivity index (χ4n) is 2.71. The van der Waals surface area contributed by atoms with Gasteiger partial charge < -0.3 is 19.7 Å². The molecule has 0 amide bonds. The minimum absolute atomic E-state index is 0.0159. The van der Waals surface area contributed by atoms with Crippen LogP contribution in [0.4, 0.5) is 0 Å². The fraction of sp³-hybridized carbons (Fsp3) is 0.455. The smallest absolute Gasteiger partial charge is 0.156 e. The monoisotopic (exact) mass is 460 g/mol. The lowest BCUT2D eigenvalue weighted by atomic mass is 9.78. The SMILES string of the molecule is C[C@H](CO)COc1ccc(C(C)(C)c2cc(Cl)c(OC[C@H](O)CCl)c(Cl)c2)cc1. The summed E-state index contributed by atoms with van der Waals surface area (Å²) in [5.41, 5.74) is 1.64. The van der Waals surface area contributed by atoms with Crippen molar-refractivity contribution >= 4 is 34.8 Å². The van der Waals surface area contributed by atoms with Crippen LogP contribution in [0.5, 0.6) is 11.5 Å². The van der Waals surface area contributed by atoms with Crippen molar-refractivity contribution in [2.75, 3.05) is 25.7 Å². The third kappa shape index (κ3) is 6.40. The summed E-state index contributed by atoms with van der Waals surface area (Å²) in [7, 11) is 0. The molecule has 2 atom stereocenters. The highest BCUT2D eigenvalue weighted by molar-refractivity contribution is 6.37. The number of alkyl halides is 1. The summed E-state index contributed by atoms with van der Waals surface area (Å²) in [6.07, 6.45) is -0.791. The molecule has 0 unspecified atom stereocenters. The number of benzene rings is 2. The molecule has 0 fully saturated rings. The van der Waals surface area contributed by atoms with Gasteiger partial charge in [-0.1, -0.05) is 56.1 Å². The van der Waals surface area contributed by atoms with Gasteiger partial charge in [0, 0.05) is 17.9 Å². The van der Waals surface area contributed by atoms with Gasteiger partial charge in [0.15, 0.2) is 5.75 Å². The van der Waals surface area contributed by atoms with Gasteiger partial charge in [-0.2, -0.15) is 0 Å². The van der Waals surface area contributed by atoms with E-state index in [0.29, 0.717) is 22.4 Å². The Balaban J connectivity index is 2.19. The van der Waals surface area contributed by atoms with Crippen molar-refractivity contribution in [3.05, 3.63) is 57.6 Å². The van der Waals surface area contributed by atoms with E-state index in [1.165, 1.54) is 0 Å². The summed E-state index contributed by atoms with van der Waals surface area (Å²) in [4.78, 5) is 0. The number of hydrogen-bond acceptors (Lipinski definition) is 4. The first-order valence-electron chi connectivity index (χ1n) is 9.39. The molecule has 29 heavy (non-hydrogen) atoms. The van der Waals surface area contributed by atoms with E-state index in [2.05, 4.69) is 13.8 Å². The molecule has 0 aliphatic heterocycles. The Kier molecular flexibility index (Phi) is 8.92. The van der Waals surface area contributed by atoms with Crippen LogP contribution in [0.1, 0.15) is 31.9 Å². The van der Waals surface area contributed by atoms with Gasteiger partial charge in [-0.15, -0.1) is 11.6 Å². The Morgan fingerprint density at radius 1 is 0.966 bits per heavy atom. The molecular formula is C22H27Cl3O4. The molecule has 2 rings (SSSR count). The predicted molar refractivity (Wildman–Crippen MR) is 119 cm³/mol. The van der Waals surface area contributed by atoms with Crippen molar-refractivity contribution in [3.63, 3.8) is 0 Å². The molecule has 0 aromatic heterocycles. The summed E-state index contributed by atoms with van der Waals surface area (Å²) in [6, 6.07) is 11.5. The van der Waals surface area contributed by atoms with Crippen LogP contribution in [0, 0.1) is 5.92 Å². The van der Waals surface area contributed by atoms with Crippen LogP contribution in [0.2, 0.25) is 10.0 Å². The molecule has 0 radical (unpaired) electrons. The first kappa shape index (κ1) is 24.1. The van der Waals surface area contributed by atoms with Gasteiger partial charge in [-0.05, 0) is 35.4 Å². The molecule has 2 N–H and O–H groups in total. The largest absolute Gasteiger partial charge is 0.493 e. The molecule has 0 aliphatic rings. The normalized spacial score (nSPS) is 13.8. The summed E-state index contributed by atoms with van der Waals surface area (Å²) in [6.45, 7) is 6.66. The highest BCUT2D eigenvalue weighted by Gasteiger charge is 2.26. The van der Waals surface area contributed by atoms with Crippen molar-refractivity contribution in [1.29, 1.82) is 0 Å². The topological polar surface area (TPSA) is 58.9 Å². The second kappa shape index (κ2) is 10.7. The first-order chi connectivity index (χ1) is 13.7. The second-order valence-corrected chi connectivity index (χ2v) is 8.76. The highest BCUT2D eigenvalue weighted by Crippen LogP contribution is 2.40. The molecule has 0 spiro atoms. The summed E-state index contributed by atoms with van der Waals surface area (Å²) in [5, 5.41) is 19.4. The maximum Gasteiger partial charge on any atom is 0.156 e. The standard InChI is InChI=1S/C22H27Cl3O4/c1-14(11-26)12-28-18-6-4-15(5-7-18)22(2,3)16-8-19(24)21(20(25)9-16)29-13-17(27)10-23/h4-9,14,17,26-27H,10-13H2,1-3H3/t14-,17-/m1/s1. The molecule has 2 aromatic carbocycles. The zero-order valence-corrected chi connectivity index (χ0v) is 19.1. The van der Waals surface area contributed by atoms with E-state index in [-0.39, 0.29) is 30.4 Å². The van der Waals surface area contributed by atoms with E-state index in [9.17, 15) is 5.11 Å². The molecule has 0 heterocycles. The third-order valence-electron chi connectivity index (χ3n) is 4.74. The fourth-order valence-corrected chi connectivity index (χ4v) is 3.39.